The summed E-state index contributed by atoms with van der Waals surface area (Å²) in [7, 11) is 1.67. The molecule has 1 unspecified atom stereocenters. The third-order valence-corrected chi connectivity index (χ3v) is 2.24. The third kappa shape index (κ3) is 1.82. The SMILES string of the molecule is CNC(C)(C(N)=O)C1=CN=CC=CN1. The van der Waals surface area contributed by atoms with E-state index in [0.29, 0.717) is 5.70 Å². The Balaban J connectivity index is 3.00. The molecule has 1 aliphatic heterocycles. The largest absolute Gasteiger partial charge is 0.368 e. The van der Waals surface area contributed by atoms with Gasteiger partial charge in [0, 0.05) is 18.6 Å². The van der Waals surface area contributed by atoms with Gasteiger partial charge in [0.1, 0.15) is 5.54 Å². The highest BCUT2D eigenvalue weighted by atomic mass is 16.1. The zero-order chi connectivity index (χ0) is 10.6. The van der Waals surface area contributed by atoms with Crippen LogP contribution in [0.4, 0.5) is 0 Å². The van der Waals surface area contributed by atoms with E-state index in [2.05, 4.69) is 15.6 Å². The van der Waals surface area contributed by atoms with Crippen molar-refractivity contribution in [2.24, 2.45) is 10.7 Å². The Morgan fingerprint density at radius 1 is 1.71 bits per heavy atom. The minimum Gasteiger partial charge on any atom is -0.368 e. The number of carbonyl (C=O) groups is 1. The topological polar surface area (TPSA) is 79.5 Å². The summed E-state index contributed by atoms with van der Waals surface area (Å²) in [6.07, 6.45) is 6.62. The maximum absolute atomic E-state index is 11.3. The molecule has 0 aliphatic carbocycles. The van der Waals surface area contributed by atoms with Crippen molar-refractivity contribution in [3.05, 3.63) is 24.2 Å². The molecule has 1 heterocycles. The maximum atomic E-state index is 11.3. The Morgan fingerprint density at radius 3 is 3.00 bits per heavy atom. The predicted octanol–water partition coefficient (Wildman–Crippen LogP) is -0.521. The second-order valence-corrected chi connectivity index (χ2v) is 3.08. The Morgan fingerprint density at radius 2 is 2.43 bits per heavy atom. The van der Waals surface area contributed by atoms with Gasteiger partial charge in [-0.15, -0.1) is 0 Å². The van der Waals surface area contributed by atoms with Gasteiger partial charge < -0.3 is 16.4 Å². The summed E-state index contributed by atoms with van der Waals surface area (Å²) in [6.45, 7) is 1.70. The van der Waals surface area contributed by atoms with Gasteiger partial charge in [0.15, 0.2) is 0 Å². The summed E-state index contributed by atoms with van der Waals surface area (Å²) in [4.78, 5) is 15.2. The minimum atomic E-state index is -0.925. The molecule has 0 saturated carbocycles. The molecule has 76 valence electrons. The molecule has 0 bridgehead atoms. The van der Waals surface area contributed by atoms with Crippen molar-refractivity contribution in [1.82, 2.24) is 10.6 Å². The molecule has 0 spiro atoms. The van der Waals surface area contributed by atoms with Crippen LogP contribution in [-0.4, -0.2) is 24.7 Å². The average Bonchev–Trinajstić information content (AvgIpc) is 2.44. The smallest absolute Gasteiger partial charge is 0.243 e. The monoisotopic (exact) mass is 194 g/mol. The molecule has 4 N–H and O–H groups in total. The molecule has 1 amide bonds. The van der Waals surface area contributed by atoms with Crippen LogP contribution < -0.4 is 16.4 Å². The van der Waals surface area contributed by atoms with Gasteiger partial charge in [0.2, 0.25) is 5.91 Å². The summed E-state index contributed by atoms with van der Waals surface area (Å²) < 4.78 is 0. The number of primary amides is 1. The fourth-order valence-electron chi connectivity index (χ4n) is 1.05. The standard InChI is InChI=1S/C9H14N4O/c1-9(11-2,8(10)14)7-6-12-4-3-5-13-7/h3-6,11,13H,1-2H3,(H2,10,14). The molecule has 0 radical (unpaired) electrons. The van der Waals surface area contributed by atoms with Crippen LogP contribution in [0.15, 0.2) is 29.2 Å². The van der Waals surface area contributed by atoms with Crippen LogP contribution in [0.5, 0.6) is 0 Å². The lowest BCUT2D eigenvalue weighted by Gasteiger charge is -2.27. The van der Waals surface area contributed by atoms with E-state index in [4.69, 9.17) is 5.73 Å². The van der Waals surface area contributed by atoms with Gasteiger partial charge in [0.05, 0.1) is 5.70 Å². The van der Waals surface area contributed by atoms with Gasteiger partial charge in [0.25, 0.3) is 0 Å². The van der Waals surface area contributed by atoms with E-state index < -0.39 is 11.4 Å². The van der Waals surface area contributed by atoms with Crippen molar-refractivity contribution in [2.75, 3.05) is 7.05 Å². The second-order valence-electron chi connectivity index (χ2n) is 3.08. The van der Waals surface area contributed by atoms with Crippen molar-refractivity contribution in [3.8, 4) is 0 Å². The number of amides is 1. The van der Waals surface area contributed by atoms with Gasteiger partial charge in [-0.1, -0.05) is 0 Å². The van der Waals surface area contributed by atoms with Gasteiger partial charge in [-0.3, -0.25) is 9.79 Å². The zero-order valence-corrected chi connectivity index (χ0v) is 8.24. The quantitative estimate of drug-likeness (QED) is 0.565. The predicted molar refractivity (Wildman–Crippen MR) is 55.5 cm³/mol. The summed E-state index contributed by atoms with van der Waals surface area (Å²) in [5.41, 5.74) is 5.00. The lowest BCUT2D eigenvalue weighted by atomic mass is 9.97. The van der Waals surface area contributed by atoms with Crippen LogP contribution in [0.1, 0.15) is 6.92 Å². The molecule has 5 nitrogen and oxygen atoms in total. The fourth-order valence-corrected chi connectivity index (χ4v) is 1.05. The highest BCUT2D eigenvalue weighted by Gasteiger charge is 2.33. The van der Waals surface area contributed by atoms with Crippen molar-refractivity contribution in [3.63, 3.8) is 0 Å². The molecule has 5 heteroatoms. The number of likely N-dealkylation sites (N-methyl/N-ethyl adjacent to an activating group) is 1. The lowest BCUT2D eigenvalue weighted by molar-refractivity contribution is -0.122. The molecule has 0 aromatic heterocycles. The summed E-state index contributed by atoms with van der Waals surface area (Å²) >= 11 is 0. The fraction of sp³-hybridized carbons (Fsp3) is 0.333. The van der Waals surface area contributed by atoms with Crippen LogP contribution in [0.2, 0.25) is 0 Å². The number of hydrogen-bond donors (Lipinski definition) is 3. The van der Waals surface area contributed by atoms with E-state index in [1.165, 1.54) is 0 Å². The highest BCUT2D eigenvalue weighted by Crippen LogP contribution is 2.13. The van der Waals surface area contributed by atoms with Gasteiger partial charge in [-0.25, -0.2) is 0 Å². The number of nitrogens with two attached hydrogens (primary N) is 1. The molecule has 1 aliphatic rings. The highest BCUT2D eigenvalue weighted by molar-refractivity contribution is 5.88. The average molecular weight is 194 g/mol. The van der Waals surface area contributed by atoms with Crippen LogP contribution >= 0.6 is 0 Å². The van der Waals surface area contributed by atoms with Gasteiger partial charge >= 0.3 is 0 Å². The van der Waals surface area contributed by atoms with Crippen molar-refractivity contribution in [1.29, 1.82) is 0 Å². The van der Waals surface area contributed by atoms with E-state index in [9.17, 15) is 4.79 Å². The normalized spacial score (nSPS) is 19.1. The molecule has 0 saturated heterocycles. The van der Waals surface area contributed by atoms with Crippen LogP contribution in [-0.2, 0) is 4.79 Å². The van der Waals surface area contributed by atoms with Crippen LogP contribution in [0, 0.1) is 0 Å². The Bertz CT molecular complexity index is 319. The van der Waals surface area contributed by atoms with E-state index in [1.807, 2.05) is 0 Å². The first-order valence-electron chi connectivity index (χ1n) is 4.25. The van der Waals surface area contributed by atoms with E-state index in [0.717, 1.165) is 0 Å². The van der Waals surface area contributed by atoms with Crippen LogP contribution in [0.25, 0.3) is 0 Å². The molecule has 14 heavy (non-hydrogen) atoms. The molecule has 1 atom stereocenters. The number of nitrogens with one attached hydrogen (secondary N) is 2. The van der Waals surface area contributed by atoms with Gasteiger partial charge in [-0.2, -0.15) is 0 Å². The third-order valence-electron chi connectivity index (χ3n) is 2.24. The molecule has 0 fully saturated rings. The van der Waals surface area contributed by atoms with E-state index in [1.54, 1.807) is 38.7 Å². The molecule has 0 aromatic carbocycles. The molecule has 0 aromatic rings. The number of aliphatic imine (C=N–C) groups is 1. The number of carbonyl (C=O) groups excluding carboxylic acids is 1. The summed E-state index contributed by atoms with van der Waals surface area (Å²) in [5.74, 6) is -0.454. The van der Waals surface area contributed by atoms with Crippen molar-refractivity contribution in [2.45, 2.75) is 12.5 Å². The second kappa shape index (κ2) is 4.06. The minimum absolute atomic E-state index is 0.454. The molecular formula is C9H14N4O. The van der Waals surface area contributed by atoms with Crippen molar-refractivity contribution >= 4 is 12.1 Å². The molecule has 1 rings (SSSR count). The Kier molecular flexibility index (Phi) is 3.03. The Labute approximate surface area is 82.8 Å². The van der Waals surface area contributed by atoms with E-state index >= 15 is 0 Å². The summed E-state index contributed by atoms with van der Waals surface area (Å²) in [6, 6.07) is 0. The van der Waals surface area contributed by atoms with Crippen LogP contribution in [0.3, 0.4) is 0 Å². The zero-order valence-electron chi connectivity index (χ0n) is 8.24. The number of nitrogens with zero attached hydrogens (tertiary/aromatic N) is 1. The first-order valence-corrected chi connectivity index (χ1v) is 4.25. The maximum Gasteiger partial charge on any atom is 0.243 e. The first-order chi connectivity index (χ1) is 6.61. The number of rotatable bonds is 3. The summed E-state index contributed by atoms with van der Waals surface area (Å²) in [5, 5.41) is 5.81. The molecular weight excluding hydrogens is 180 g/mol. The van der Waals surface area contributed by atoms with E-state index in [-0.39, 0.29) is 0 Å². The lowest BCUT2D eigenvalue weighted by Crippen LogP contribution is -2.55. The Hall–Kier alpha value is -1.62. The first kappa shape index (κ1) is 10.5. The number of allylic oxidation sites excluding steroid dienone is 1. The van der Waals surface area contributed by atoms with Gasteiger partial charge in [-0.05, 0) is 20.0 Å². The number of hydrogen-bond acceptors (Lipinski definition) is 4. The van der Waals surface area contributed by atoms with Crippen molar-refractivity contribution < 1.29 is 4.79 Å².